The summed E-state index contributed by atoms with van der Waals surface area (Å²) in [5, 5.41) is 13.2. The van der Waals surface area contributed by atoms with Gasteiger partial charge in [-0.3, -0.25) is 4.79 Å². The van der Waals surface area contributed by atoms with Crippen molar-refractivity contribution in [2.24, 2.45) is 0 Å². The highest BCUT2D eigenvalue weighted by molar-refractivity contribution is 14.1. The summed E-state index contributed by atoms with van der Waals surface area (Å²) in [5.41, 5.74) is 4.00. The van der Waals surface area contributed by atoms with Crippen LogP contribution in [0, 0.1) is 10.5 Å². The lowest BCUT2D eigenvalue weighted by Gasteiger charge is -2.08. The van der Waals surface area contributed by atoms with Gasteiger partial charge in [-0.05, 0) is 77.5 Å². The molecule has 0 aliphatic carbocycles. The Bertz CT molecular complexity index is 1170. The highest BCUT2D eigenvalue weighted by atomic mass is 127. The van der Waals surface area contributed by atoms with Crippen LogP contribution < -0.4 is 5.32 Å². The summed E-state index contributed by atoms with van der Waals surface area (Å²) in [5.74, 6) is 0.0836. The molecule has 0 saturated carbocycles. The number of aryl methyl sites for hydroxylation is 1. The van der Waals surface area contributed by atoms with E-state index >= 15 is 0 Å². The van der Waals surface area contributed by atoms with Crippen molar-refractivity contribution in [2.45, 2.75) is 6.92 Å². The third-order valence-electron chi connectivity index (χ3n) is 4.12. The van der Waals surface area contributed by atoms with E-state index in [2.05, 4.69) is 32.9 Å². The van der Waals surface area contributed by atoms with E-state index in [1.54, 1.807) is 24.3 Å². The summed E-state index contributed by atoms with van der Waals surface area (Å²) in [7, 11) is 0. The minimum absolute atomic E-state index is 0.0151. The molecule has 0 spiro atoms. The van der Waals surface area contributed by atoms with Crippen LogP contribution in [0.4, 0.5) is 5.69 Å². The number of phenolic OH excluding ortho intramolecular Hbond substituents is 1. The number of amides is 1. The normalized spacial score (nSPS) is 10.9. The number of carbonyl (C=O) groups excluding carboxylic acids is 1. The van der Waals surface area contributed by atoms with E-state index in [1.165, 1.54) is 6.07 Å². The molecule has 0 bridgehead atoms. The Morgan fingerprint density at radius 2 is 1.96 bits per heavy atom. The molecule has 0 atom stereocenters. The summed E-state index contributed by atoms with van der Waals surface area (Å²) >= 11 is 2.16. The largest absolute Gasteiger partial charge is 0.507 e. The Hall–Kier alpha value is -2.87. The quantitative estimate of drug-likeness (QED) is 0.395. The first-order chi connectivity index (χ1) is 13.0. The van der Waals surface area contributed by atoms with Gasteiger partial charge in [-0.2, -0.15) is 0 Å². The van der Waals surface area contributed by atoms with Gasteiger partial charge in [0.25, 0.3) is 5.91 Å². The standard InChI is InChI=1S/C21H15IN2O3/c1-12-5-8-19-17(9-12)24-21(27-19)16-7-6-15(11-18(16)25)23-20(26)13-3-2-4-14(22)10-13/h2-11,25H,1H3,(H,23,26). The van der Waals surface area contributed by atoms with Crippen LogP contribution in [0.5, 0.6) is 5.75 Å². The Labute approximate surface area is 169 Å². The number of hydrogen-bond donors (Lipinski definition) is 2. The molecule has 6 heteroatoms. The Morgan fingerprint density at radius 3 is 2.74 bits per heavy atom. The number of nitrogens with zero attached hydrogens (tertiary/aromatic N) is 1. The molecular weight excluding hydrogens is 455 g/mol. The SMILES string of the molecule is Cc1ccc2oc(-c3ccc(NC(=O)c4cccc(I)c4)cc3O)nc2c1. The molecule has 5 nitrogen and oxygen atoms in total. The van der Waals surface area contributed by atoms with Crippen LogP contribution in [0.3, 0.4) is 0 Å². The van der Waals surface area contributed by atoms with Gasteiger partial charge in [0.1, 0.15) is 11.3 Å². The Morgan fingerprint density at radius 1 is 1.11 bits per heavy atom. The van der Waals surface area contributed by atoms with Crippen molar-refractivity contribution in [1.29, 1.82) is 0 Å². The molecule has 2 N–H and O–H groups in total. The van der Waals surface area contributed by atoms with Crippen LogP contribution in [0.15, 0.2) is 65.1 Å². The second kappa shape index (κ2) is 7.03. The summed E-state index contributed by atoms with van der Waals surface area (Å²) in [6, 6.07) is 17.9. The number of aromatic nitrogens is 1. The molecule has 27 heavy (non-hydrogen) atoms. The number of oxazole rings is 1. The minimum Gasteiger partial charge on any atom is -0.507 e. The third kappa shape index (κ3) is 3.66. The average Bonchev–Trinajstić information content (AvgIpc) is 3.04. The van der Waals surface area contributed by atoms with Gasteiger partial charge in [-0.25, -0.2) is 4.98 Å². The number of benzene rings is 3. The molecule has 3 aromatic carbocycles. The number of phenols is 1. The second-order valence-electron chi connectivity index (χ2n) is 6.19. The molecule has 0 aliphatic heterocycles. The fourth-order valence-corrected chi connectivity index (χ4v) is 3.32. The number of nitrogens with one attached hydrogen (secondary N) is 1. The Balaban J connectivity index is 1.61. The molecule has 1 heterocycles. The zero-order chi connectivity index (χ0) is 19.0. The summed E-state index contributed by atoms with van der Waals surface area (Å²) in [6.07, 6.45) is 0. The van der Waals surface area contributed by atoms with Crippen LogP contribution in [0.1, 0.15) is 15.9 Å². The fourth-order valence-electron chi connectivity index (χ4n) is 2.78. The average molecular weight is 470 g/mol. The van der Waals surface area contributed by atoms with Gasteiger partial charge < -0.3 is 14.8 Å². The van der Waals surface area contributed by atoms with E-state index in [4.69, 9.17) is 4.42 Å². The predicted octanol–water partition coefficient (Wildman–Crippen LogP) is 5.37. The molecule has 4 aromatic rings. The minimum atomic E-state index is -0.238. The van der Waals surface area contributed by atoms with E-state index in [0.717, 1.165) is 14.7 Å². The van der Waals surface area contributed by atoms with E-state index in [0.29, 0.717) is 28.3 Å². The van der Waals surface area contributed by atoms with Crippen LogP contribution in [0.25, 0.3) is 22.6 Å². The lowest BCUT2D eigenvalue weighted by molar-refractivity contribution is 0.102. The summed E-state index contributed by atoms with van der Waals surface area (Å²) in [4.78, 5) is 16.8. The van der Waals surface area contributed by atoms with Crippen molar-refractivity contribution in [3.05, 3.63) is 75.4 Å². The molecule has 0 radical (unpaired) electrons. The molecule has 1 aromatic heterocycles. The maximum absolute atomic E-state index is 12.4. The molecular formula is C21H15IN2O3. The predicted molar refractivity (Wildman–Crippen MR) is 113 cm³/mol. The topological polar surface area (TPSA) is 75.4 Å². The highest BCUT2D eigenvalue weighted by Gasteiger charge is 2.14. The molecule has 4 rings (SSSR count). The van der Waals surface area contributed by atoms with Gasteiger partial charge in [0.05, 0.1) is 5.56 Å². The molecule has 0 aliphatic rings. The second-order valence-corrected chi connectivity index (χ2v) is 7.43. The molecule has 134 valence electrons. The lowest BCUT2D eigenvalue weighted by Crippen LogP contribution is -2.11. The van der Waals surface area contributed by atoms with Crippen molar-refractivity contribution >= 4 is 45.3 Å². The zero-order valence-electron chi connectivity index (χ0n) is 14.4. The van der Waals surface area contributed by atoms with Crippen LogP contribution in [-0.4, -0.2) is 16.0 Å². The van der Waals surface area contributed by atoms with Crippen molar-refractivity contribution < 1.29 is 14.3 Å². The van der Waals surface area contributed by atoms with Crippen LogP contribution in [-0.2, 0) is 0 Å². The lowest BCUT2D eigenvalue weighted by atomic mass is 10.1. The van der Waals surface area contributed by atoms with Crippen LogP contribution in [0.2, 0.25) is 0 Å². The number of fused-ring (bicyclic) bond motifs is 1. The maximum Gasteiger partial charge on any atom is 0.255 e. The summed E-state index contributed by atoms with van der Waals surface area (Å²) < 4.78 is 6.71. The number of carbonyl (C=O) groups is 1. The van der Waals surface area contributed by atoms with E-state index in [9.17, 15) is 9.90 Å². The van der Waals surface area contributed by atoms with E-state index in [1.807, 2.05) is 37.3 Å². The van der Waals surface area contributed by atoms with Gasteiger partial charge in [-0.1, -0.05) is 12.1 Å². The first-order valence-electron chi connectivity index (χ1n) is 8.27. The first-order valence-corrected chi connectivity index (χ1v) is 9.35. The summed E-state index contributed by atoms with van der Waals surface area (Å²) in [6.45, 7) is 1.98. The van der Waals surface area contributed by atoms with Gasteiger partial charge >= 0.3 is 0 Å². The number of rotatable bonds is 3. The number of halogens is 1. The van der Waals surface area contributed by atoms with Crippen molar-refractivity contribution in [2.75, 3.05) is 5.32 Å². The molecule has 0 unspecified atom stereocenters. The van der Waals surface area contributed by atoms with Gasteiger partial charge in [0.15, 0.2) is 5.58 Å². The van der Waals surface area contributed by atoms with E-state index in [-0.39, 0.29) is 11.7 Å². The molecule has 1 amide bonds. The zero-order valence-corrected chi connectivity index (χ0v) is 16.5. The smallest absolute Gasteiger partial charge is 0.255 e. The molecule has 0 saturated heterocycles. The van der Waals surface area contributed by atoms with Crippen molar-refractivity contribution in [3.8, 4) is 17.2 Å². The maximum atomic E-state index is 12.4. The molecule has 0 fully saturated rings. The number of anilines is 1. The van der Waals surface area contributed by atoms with Crippen molar-refractivity contribution in [3.63, 3.8) is 0 Å². The number of hydrogen-bond acceptors (Lipinski definition) is 4. The number of aromatic hydroxyl groups is 1. The fraction of sp³-hybridized carbons (Fsp3) is 0.0476. The van der Waals surface area contributed by atoms with Crippen LogP contribution >= 0.6 is 22.6 Å². The third-order valence-corrected chi connectivity index (χ3v) is 4.79. The highest BCUT2D eigenvalue weighted by Crippen LogP contribution is 2.33. The monoisotopic (exact) mass is 470 g/mol. The van der Waals surface area contributed by atoms with Gasteiger partial charge in [0, 0.05) is 20.9 Å². The van der Waals surface area contributed by atoms with E-state index < -0.39 is 0 Å². The first kappa shape index (κ1) is 17.5. The Kier molecular flexibility index (Phi) is 4.57. The van der Waals surface area contributed by atoms with Crippen molar-refractivity contribution in [1.82, 2.24) is 4.98 Å². The van der Waals surface area contributed by atoms with Gasteiger partial charge in [0.2, 0.25) is 5.89 Å². The van der Waals surface area contributed by atoms with Gasteiger partial charge in [-0.15, -0.1) is 0 Å².